The molecule has 1 N–H and O–H groups in total. The smallest absolute Gasteiger partial charge is 0.278 e. The fraction of sp³-hybridized carbons (Fsp3) is 0.296. The summed E-state index contributed by atoms with van der Waals surface area (Å²) in [6, 6.07) is 17.9. The highest BCUT2D eigenvalue weighted by Gasteiger charge is 2.22. The third-order valence-electron chi connectivity index (χ3n) is 5.59. The zero-order valence-corrected chi connectivity index (χ0v) is 21.4. The van der Waals surface area contributed by atoms with Gasteiger partial charge in [-0.3, -0.25) is 4.79 Å². The van der Waals surface area contributed by atoms with Crippen molar-refractivity contribution in [2.75, 3.05) is 5.32 Å². The molecule has 0 bridgehead atoms. The number of anilines is 1. The Morgan fingerprint density at radius 2 is 1.66 bits per heavy atom. The molecule has 2 aromatic carbocycles. The molecule has 0 aliphatic carbocycles. The molecular weight excluding hydrogens is 456 g/mol. The zero-order valence-electron chi connectivity index (χ0n) is 20.6. The Balaban J connectivity index is 1.60. The summed E-state index contributed by atoms with van der Waals surface area (Å²) in [6.07, 6.45) is 3.35. The summed E-state index contributed by atoms with van der Waals surface area (Å²) in [5.41, 5.74) is 6.79. The van der Waals surface area contributed by atoms with E-state index in [1.807, 2.05) is 63.2 Å². The first kappa shape index (κ1) is 24.6. The van der Waals surface area contributed by atoms with Crippen LogP contribution in [0.3, 0.4) is 0 Å². The largest absolute Gasteiger partial charge is 0.321 e. The van der Waals surface area contributed by atoms with Gasteiger partial charge in [-0.1, -0.05) is 60.1 Å². The molecule has 0 aliphatic heterocycles. The van der Waals surface area contributed by atoms with Crippen molar-refractivity contribution < 1.29 is 4.79 Å². The molecule has 4 rings (SSSR count). The van der Waals surface area contributed by atoms with E-state index >= 15 is 0 Å². The number of carbonyl (C=O) groups excluding carboxylic acids is 1. The first-order valence-electron chi connectivity index (χ1n) is 11.8. The quantitative estimate of drug-likeness (QED) is 0.235. The number of aromatic nitrogens is 5. The third kappa shape index (κ3) is 6.33. The van der Waals surface area contributed by atoms with Crippen LogP contribution < -0.4 is 5.32 Å². The van der Waals surface area contributed by atoms with E-state index in [0.29, 0.717) is 16.6 Å². The van der Waals surface area contributed by atoms with E-state index in [0.717, 1.165) is 47.6 Å². The Hall–Kier alpha value is -3.52. The molecule has 0 aliphatic rings. The highest BCUT2D eigenvalue weighted by Crippen LogP contribution is 2.24. The second kappa shape index (κ2) is 11.3. The molecule has 2 aromatic heterocycles. The zero-order chi connectivity index (χ0) is 24.8. The van der Waals surface area contributed by atoms with E-state index in [-0.39, 0.29) is 11.6 Å². The summed E-state index contributed by atoms with van der Waals surface area (Å²) in [5, 5.41) is 12.2. The van der Waals surface area contributed by atoms with Gasteiger partial charge in [0.15, 0.2) is 10.9 Å². The van der Waals surface area contributed by atoms with Crippen LogP contribution in [0, 0.1) is 20.8 Å². The molecule has 180 valence electrons. The van der Waals surface area contributed by atoms with Gasteiger partial charge in [-0.25, -0.2) is 14.6 Å². The summed E-state index contributed by atoms with van der Waals surface area (Å²) in [6.45, 7) is 8.11. The van der Waals surface area contributed by atoms with Gasteiger partial charge in [-0.05, 0) is 69.5 Å². The van der Waals surface area contributed by atoms with Crippen LogP contribution in [0.5, 0.6) is 0 Å². The predicted molar refractivity (Wildman–Crippen MR) is 140 cm³/mol. The van der Waals surface area contributed by atoms with Gasteiger partial charge in [-0.2, -0.15) is 0 Å². The van der Waals surface area contributed by atoms with Crippen molar-refractivity contribution in [3.63, 3.8) is 0 Å². The minimum absolute atomic E-state index is 0.289. The Morgan fingerprint density at radius 3 is 2.31 bits per heavy atom. The Labute approximate surface area is 210 Å². The van der Waals surface area contributed by atoms with E-state index in [1.54, 1.807) is 4.68 Å². The van der Waals surface area contributed by atoms with Crippen LogP contribution in [0.2, 0.25) is 0 Å². The maximum Gasteiger partial charge on any atom is 0.278 e. The summed E-state index contributed by atoms with van der Waals surface area (Å²) >= 11 is 1.46. The van der Waals surface area contributed by atoms with Gasteiger partial charge in [0.05, 0.1) is 11.4 Å². The second-order valence-electron chi connectivity index (χ2n) is 8.61. The summed E-state index contributed by atoms with van der Waals surface area (Å²) in [7, 11) is 0. The summed E-state index contributed by atoms with van der Waals surface area (Å²) < 4.78 is 1.72. The fourth-order valence-corrected chi connectivity index (χ4v) is 4.66. The predicted octanol–water partition coefficient (Wildman–Crippen LogP) is 5.87. The normalized spacial score (nSPS) is 11.0. The Kier molecular flexibility index (Phi) is 7.92. The molecule has 7 nitrogen and oxygen atoms in total. The van der Waals surface area contributed by atoms with Crippen molar-refractivity contribution in [2.45, 2.75) is 57.9 Å². The molecule has 35 heavy (non-hydrogen) atoms. The van der Waals surface area contributed by atoms with Gasteiger partial charge < -0.3 is 5.32 Å². The molecule has 4 aromatic rings. The molecular formula is C27H30N6OS. The van der Waals surface area contributed by atoms with Crippen molar-refractivity contribution >= 4 is 23.4 Å². The number of thioether (sulfide) groups is 1. The van der Waals surface area contributed by atoms with Crippen LogP contribution in [0.1, 0.15) is 58.5 Å². The third-order valence-corrected chi connectivity index (χ3v) is 6.45. The molecule has 0 fully saturated rings. The topological polar surface area (TPSA) is 85.6 Å². The van der Waals surface area contributed by atoms with Crippen LogP contribution in [-0.4, -0.2) is 30.9 Å². The first-order chi connectivity index (χ1) is 16.9. The number of amides is 1. The van der Waals surface area contributed by atoms with Crippen molar-refractivity contribution in [3.8, 4) is 5.69 Å². The van der Waals surface area contributed by atoms with Crippen molar-refractivity contribution in [3.05, 3.63) is 88.5 Å². The summed E-state index contributed by atoms with van der Waals surface area (Å²) in [4.78, 5) is 22.3. The van der Waals surface area contributed by atoms with E-state index in [4.69, 9.17) is 0 Å². The maximum absolute atomic E-state index is 13.2. The van der Waals surface area contributed by atoms with Crippen LogP contribution in [0.15, 0.2) is 59.8 Å². The monoisotopic (exact) mass is 486 g/mol. The number of aryl methyl sites for hydroxylation is 4. The van der Waals surface area contributed by atoms with Crippen LogP contribution in [0.4, 0.5) is 5.69 Å². The van der Waals surface area contributed by atoms with Crippen molar-refractivity contribution in [1.29, 1.82) is 0 Å². The highest BCUT2D eigenvalue weighted by atomic mass is 32.2. The number of benzene rings is 2. The van der Waals surface area contributed by atoms with Crippen molar-refractivity contribution in [2.24, 2.45) is 0 Å². The van der Waals surface area contributed by atoms with Gasteiger partial charge >= 0.3 is 0 Å². The molecule has 1 amide bonds. The van der Waals surface area contributed by atoms with Gasteiger partial charge in [0.2, 0.25) is 0 Å². The van der Waals surface area contributed by atoms with E-state index < -0.39 is 0 Å². The summed E-state index contributed by atoms with van der Waals surface area (Å²) in [5.74, 6) is 0.157. The average molecular weight is 487 g/mol. The minimum Gasteiger partial charge on any atom is -0.321 e. The second-order valence-corrected chi connectivity index (χ2v) is 9.55. The molecule has 0 atom stereocenters. The van der Waals surface area contributed by atoms with Gasteiger partial charge in [0, 0.05) is 22.8 Å². The molecule has 8 heteroatoms. The number of rotatable bonds is 9. The Morgan fingerprint density at radius 1 is 0.971 bits per heavy atom. The van der Waals surface area contributed by atoms with Crippen LogP contribution in [0.25, 0.3) is 5.69 Å². The number of nitrogens with one attached hydrogen (secondary N) is 1. The van der Waals surface area contributed by atoms with Gasteiger partial charge in [0.1, 0.15) is 0 Å². The number of carbonyl (C=O) groups is 1. The Bertz CT molecular complexity index is 1280. The lowest BCUT2D eigenvalue weighted by Crippen LogP contribution is -2.15. The molecule has 0 spiro atoms. The van der Waals surface area contributed by atoms with Gasteiger partial charge in [-0.15, -0.1) is 5.10 Å². The molecule has 2 heterocycles. The number of unbranched alkanes of at least 4 members (excludes halogenated alkanes) is 1. The number of hydrogen-bond acceptors (Lipinski definition) is 6. The van der Waals surface area contributed by atoms with E-state index in [1.165, 1.54) is 17.3 Å². The molecule has 0 saturated carbocycles. The van der Waals surface area contributed by atoms with Gasteiger partial charge in [0.25, 0.3) is 5.91 Å². The van der Waals surface area contributed by atoms with Crippen LogP contribution in [-0.2, 0) is 12.2 Å². The fourth-order valence-electron chi connectivity index (χ4n) is 3.72. The standard InChI is InChI=1S/C27H30N6OS/c1-5-6-7-21-10-12-22(13-11-21)30-26(34)25-24(17-35-27-28-19(3)16-20(4)29-27)33(32-31-25)23-14-8-18(2)9-15-23/h8-16H,5-7,17H2,1-4H3,(H,30,34). The lowest BCUT2D eigenvalue weighted by Gasteiger charge is -2.10. The first-order valence-corrected chi connectivity index (χ1v) is 12.8. The lowest BCUT2D eigenvalue weighted by atomic mass is 10.1. The van der Waals surface area contributed by atoms with E-state index in [9.17, 15) is 4.79 Å². The SMILES string of the molecule is CCCCc1ccc(NC(=O)c2nnn(-c3ccc(C)cc3)c2CSc2nc(C)cc(C)n2)cc1. The molecule has 0 saturated heterocycles. The molecule has 0 unspecified atom stereocenters. The maximum atomic E-state index is 13.2. The number of hydrogen-bond donors (Lipinski definition) is 1. The molecule has 0 radical (unpaired) electrons. The van der Waals surface area contributed by atoms with Crippen LogP contribution >= 0.6 is 11.8 Å². The van der Waals surface area contributed by atoms with E-state index in [2.05, 4.69) is 44.7 Å². The lowest BCUT2D eigenvalue weighted by molar-refractivity contribution is 0.102. The number of nitrogens with zero attached hydrogens (tertiary/aromatic N) is 5. The highest BCUT2D eigenvalue weighted by molar-refractivity contribution is 7.98. The minimum atomic E-state index is -0.290. The van der Waals surface area contributed by atoms with Crippen molar-refractivity contribution in [1.82, 2.24) is 25.0 Å². The average Bonchev–Trinajstić information content (AvgIpc) is 3.26.